The summed E-state index contributed by atoms with van der Waals surface area (Å²) in [7, 11) is 1.68. The fraction of sp³-hybridized carbons (Fsp3) is 0.576. The van der Waals surface area contributed by atoms with Crippen molar-refractivity contribution in [3.05, 3.63) is 42.2 Å². The summed E-state index contributed by atoms with van der Waals surface area (Å²) in [4.78, 5) is 67.9. The lowest BCUT2D eigenvalue weighted by atomic mass is 10.1. The van der Waals surface area contributed by atoms with Crippen molar-refractivity contribution in [3.8, 4) is 11.3 Å². The number of piperazine rings is 2. The first kappa shape index (κ1) is 35.6. The Hall–Kier alpha value is -4.30. The van der Waals surface area contributed by atoms with Crippen LogP contribution in [0.5, 0.6) is 0 Å². The van der Waals surface area contributed by atoms with E-state index in [0.717, 1.165) is 44.5 Å². The van der Waals surface area contributed by atoms with Crippen LogP contribution in [0.3, 0.4) is 0 Å². The largest absolute Gasteiger partial charge is 0.481 e. The monoisotopic (exact) mass is 653 g/mol. The molecule has 0 aliphatic carbocycles. The summed E-state index contributed by atoms with van der Waals surface area (Å²) in [6.45, 7) is 7.98. The van der Waals surface area contributed by atoms with E-state index in [2.05, 4.69) is 32.0 Å². The molecule has 1 atom stereocenters. The van der Waals surface area contributed by atoms with Crippen molar-refractivity contribution in [1.82, 2.24) is 30.0 Å². The summed E-state index contributed by atoms with van der Waals surface area (Å²) in [5, 5.41) is 12.1. The number of carbonyl (C=O) groups is 4. The Bertz CT molecular complexity index is 1330. The van der Waals surface area contributed by atoms with Gasteiger partial charge >= 0.3 is 12.1 Å². The van der Waals surface area contributed by atoms with Crippen LogP contribution >= 0.6 is 0 Å². The molecule has 256 valence electrons. The Balaban J connectivity index is 1.47. The molecule has 1 aromatic heterocycles. The number of carboxylic acids is 1. The van der Waals surface area contributed by atoms with E-state index < -0.39 is 29.9 Å². The Morgan fingerprint density at radius 3 is 2.28 bits per heavy atom. The van der Waals surface area contributed by atoms with Crippen molar-refractivity contribution < 1.29 is 33.8 Å². The molecule has 2 fully saturated rings. The maximum absolute atomic E-state index is 13.7. The first-order valence-electron chi connectivity index (χ1n) is 16.4. The zero-order valence-electron chi connectivity index (χ0n) is 27.4. The van der Waals surface area contributed by atoms with Crippen LogP contribution in [0.25, 0.3) is 11.3 Å². The van der Waals surface area contributed by atoms with Gasteiger partial charge in [0, 0.05) is 84.1 Å². The second-order valence-corrected chi connectivity index (χ2v) is 11.7. The number of benzene rings is 1. The minimum atomic E-state index is -1.11. The van der Waals surface area contributed by atoms with E-state index in [9.17, 15) is 24.3 Å². The molecule has 1 aromatic carbocycles. The second kappa shape index (κ2) is 18.1. The molecule has 3 heterocycles. The van der Waals surface area contributed by atoms with Crippen LogP contribution < -0.4 is 10.2 Å². The molecule has 2 aromatic rings. The molecule has 0 radical (unpaired) electrons. The molecule has 2 N–H and O–H groups in total. The van der Waals surface area contributed by atoms with Crippen molar-refractivity contribution in [3.63, 3.8) is 0 Å². The predicted molar refractivity (Wildman–Crippen MR) is 175 cm³/mol. The first-order valence-corrected chi connectivity index (χ1v) is 16.4. The molecule has 2 aliphatic heterocycles. The van der Waals surface area contributed by atoms with Gasteiger partial charge in [0.15, 0.2) is 0 Å². The van der Waals surface area contributed by atoms with Gasteiger partial charge in [0.2, 0.25) is 11.7 Å². The number of methoxy groups -OCH3 is 1. The predicted octanol–water partition coefficient (Wildman–Crippen LogP) is 2.35. The smallest absolute Gasteiger partial charge is 0.409 e. The highest BCUT2D eigenvalue weighted by atomic mass is 16.6. The summed E-state index contributed by atoms with van der Waals surface area (Å²) >= 11 is 0. The van der Waals surface area contributed by atoms with E-state index in [1.807, 2.05) is 36.4 Å². The fourth-order valence-electron chi connectivity index (χ4n) is 5.56. The molecule has 0 unspecified atom stereocenters. The van der Waals surface area contributed by atoms with Crippen molar-refractivity contribution in [2.45, 2.75) is 45.1 Å². The summed E-state index contributed by atoms with van der Waals surface area (Å²) < 4.78 is 10.6. The molecule has 2 saturated heterocycles. The standard InChI is InChI=1S/C33H47N7O7/c1-3-4-8-22-47-33(45)40-19-17-39(18-20-40)32(44)26(11-12-29(41)42)35-31(43)30-34-27(25-9-6-5-7-10-25)24-28(36-30)38-15-13-37(14-16-38)21-23-46-2/h5-7,9-10,24,26H,3-4,8,11-23H2,1-2H3,(H,35,43)(H,41,42)/t26-/m0/s1. The number of nitrogens with one attached hydrogen (secondary N) is 1. The van der Waals surface area contributed by atoms with E-state index in [0.29, 0.717) is 37.8 Å². The molecule has 2 aliphatic rings. The van der Waals surface area contributed by atoms with Gasteiger partial charge in [-0.3, -0.25) is 19.3 Å². The van der Waals surface area contributed by atoms with Crippen LogP contribution in [0.2, 0.25) is 0 Å². The van der Waals surface area contributed by atoms with Gasteiger partial charge in [-0.15, -0.1) is 0 Å². The molecular formula is C33H47N7O7. The fourth-order valence-corrected chi connectivity index (χ4v) is 5.56. The van der Waals surface area contributed by atoms with Gasteiger partial charge in [0.05, 0.1) is 18.9 Å². The number of unbranched alkanes of at least 4 members (excludes halogenated alkanes) is 2. The highest BCUT2D eigenvalue weighted by Gasteiger charge is 2.32. The van der Waals surface area contributed by atoms with Crippen molar-refractivity contribution in [2.75, 3.05) is 84.1 Å². The number of rotatable bonds is 15. The molecule has 4 rings (SSSR count). The first-order chi connectivity index (χ1) is 22.8. The normalized spacial score (nSPS) is 16.1. The van der Waals surface area contributed by atoms with Crippen LogP contribution in [0.15, 0.2) is 36.4 Å². The van der Waals surface area contributed by atoms with Gasteiger partial charge in [-0.2, -0.15) is 0 Å². The quantitative estimate of drug-likeness (QED) is 0.272. The molecule has 0 bridgehead atoms. The number of hydrogen-bond donors (Lipinski definition) is 2. The SMILES string of the molecule is CCCCCOC(=O)N1CCN(C(=O)[C@H](CCC(=O)O)NC(=O)c2nc(-c3ccccc3)cc(N3CCN(CCOC)CC3)n2)CC1. The lowest BCUT2D eigenvalue weighted by Gasteiger charge is -2.36. The van der Waals surface area contributed by atoms with E-state index in [4.69, 9.17) is 9.47 Å². The maximum Gasteiger partial charge on any atom is 0.409 e. The Kier molecular flexibility index (Phi) is 13.7. The number of amides is 3. The third kappa shape index (κ3) is 10.6. The third-order valence-electron chi connectivity index (χ3n) is 8.37. The van der Waals surface area contributed by atoms with Crippen LogP contribution in [-0.4, -0.2) is 139 Å². The van der Waals surface area contributed by atoms with E-state index in [1.165, 1.54) is 0 Å². The number of carbonyl (C=O) groups excluding carboxylic acids is 3. The molecular weight excluding hydrogens is 606 g/mol. The molecule has 14 nitrogen and oxygen atoms in total. The molecule has 47 heavy (non-hydrogen) atoms. The number of nitrogens with zero attached hydrogens (tertiary/aromatic N) is 6. The topological polar surface area (TPSA) is 158 Å². The summed E-state index contributed by atoms with van der Waals surface area (Å²) in [6.07, 6.45) is 1.98. The number of hydrogen-bond acceptors (Lipinski definition) is 10. The Morgan fingerprint density at radius 1 is 0.915 bits per heavy atom. The Labute approximate surface area is 276 Å². The maximum atomic E-state index is 13.7. The van der Waals surface area contributed by atoms with Gasteiger partial charge in [0.25, 0.3) is 5.91 Å². The van der Waals surface area contributed by atoms with Gasteiger partial charge in [-0.05, 0) is 12.8 Å². The van der Waals surface area contributed by atoms with Crippen molar-refractivity contribution in [2.24, 2.45) is 0 Å². The van der Waals surface area contributed by atoms with E-state index >= 15 is 0 Å². The van der Waals surface area contributed by atoms with Gasteiger partial charge in [0.1, 0.15) is 11.9 Å². The number of aromatic nitrogens is 2. The third-order valence-corrected chi connectivity index (χ3v) is 8.37. The Morgan fingerprint density at radius 2 is 1.62 bits per heavy atom. The van der Waals surface area contributed by atoms with Crippen LogP contribution in [0, 0.1) is 0 Å². The number of carboxylic acid groups (broad SMARTS) is 1. The lowest BCUT2D eigenvalue weighted by molar-refractivity contribution is -0.138. The highest BCUT2D eigenvalue weighted by molar-refractivity contribution is 5.95. The zero-order valence-corrected chi connectivity index (χ0v) is 27.4. The number of anilines is 1. The molecule has 0 spiro atoms. The minimum absolute atomic E-state index is 0.103. The average molecular weight is 654 g/mol. The van der Waals surface area contributed by atoms with E-state index in [-0.39, 0.29) is 44.8 Å². The zero-order chi connectivity index (χ0) is 33.6. The van der Waals surface area contributed by atoms with Crippen molar-refractivity contribution in [1.29, 1.82) is 0 Å². The second-order valence-electron chi connectivity index (χ2n) is 11.7. The van der Waals surface area contributed by atoms with E-state index in [1.54, 1.807) is 16.9 Å². The van der Waals surface area contributed by atoms with Gasteiger partial charge in [-0.1, -0.05) is 50.1 Å². The number of aliphatic carboxylic acids is 1. The minimum Gasteiger partial charge on any atom is -0.481 e. The molecule has 0 saturated carbocycles. The highest BCUT2D eigenvalue weighted by Crippen LogP contribution is 2.23. The number of ether oxygens (including phenoxy) is 2. The van der Waals surface area contributed by atoms with Gasteiger partial charge in [-0.25, -0.2) is 14.8 Å². The lowest BCUT2D eigenvalue weighted by Crippen LogP contribution is -2.56. The van der Waals surface area contributed by atoms with Crippen LogP contribution in [-0.2, 0) is 19.1 Å². The summed E-state index contributed by atoms with van der Waals surface area (Å²) in [6, 6.07) is 10.2. The molecule has 14 heteroatoms. The summed E-state index contributed by atoms with van der Waals surface area (Å²) in [5.74, 6) is -1.67. The summed E-state index contributed by atoms with van der Waals surface area (Å²) in [5.41, 5.74) is 1.37. The van der Waals surface area contributed by atoms with Crippen LogP contribution in [0.1, 0.15) is 49.6 Å². The molecule has 3 amide bonds. The van der Waals surface area contributed by atoms with Crippen molar-refractivity contribution >= 4 is 29.7 Å². The van der Waals surface area contributed by atoms with Crippen LogP contribution in [0.4, 0.5) is 10.6 Å². The average Bonchev–Trinajstić information content (AvgIpc) is 3.11. The van der Waals surface area contributed by atoms with Gasteiger partial charge < -0.3 is 34.6 Å².